The Kier molecular flexibility index (Phi) is 6.72. The van der Waals surface area contributed by atoms with Gasteiger partial charge >= 0.3 is 12.0 Å². The molecule has 0 aromatic heterocycles. The molecule has 0 saturated heterocycles. The van der Waals surface area contributed by atoms with Crippen LogP contribution in [0.3, 0.4) is 0 Å². The Morgan fingerprint density at radius 2 is 1.90 bits per heavy atom. The number of amides is 3. The van der Waals surface area contributed by atoms with E-state index in [0.29, 0.717) is 0 Å². The van der Waals surface area contributed by atoms with Gasteiger partial charge in [0, 0.05) is 12.6 Å². The summed E-state index contributed by atoms with van der Waals surface area (Å²) < 4.78 is 0. The Labute approximate surface area is 118 Å². The smallest absolute Gasteiger partial charge is 0.321 e. The molecule has 1 rings (SSSR count). The molecule has 0 unspecified atom stereocenters. The second-order valence-electron chi connectivity index (χ2n) is 4.78. The SMILES string of the molecule is C=CCNC(=O)NC(=O)CN(CC(=O)O)C1CCCC1. The molecule has 3 N–H and O–H groups in total. The number of nitrogens with zero attached hydrogens (tertiary/aromatic N) is 1. The maximum Gasteiger partial charge on any atom is 0.321 e. The topological polar surface area (TPSA) is 98.7 Å². The highest BCUT2D eigenvalue weighted by atomic mass is 16.4. The van der Waals surface area contributed by atoms with Gasteiger partial charge < -0.3 is 10.4 Å². The molecule has 1 aliphatic carbocycles. The molecule has 0 spiro atoms. The largest absolute Gasteiger partial charge is 0.480 e. The van der Waals surface area contributed by atoms with Gasteiger partial charge in [-0.2, -0.15) is 0 Å². The molecule has 0 heterocycles. The van der Waals surface area contributed by atoms with Gasteiger partial charge in [0.15, 0.2) is 0 Å². The molecule has 0 radical (unpaired) electrons. The van der Waals surface area contributed by atoms with E-state index in [2.05, 4.69) is 17.2 Å². The van der Waals surface area contributed by atoms with Crippen LogP contribution < -0.4 is 10.6 Å². The fraction of sp³-hybridized carbons (Fsp3) is 0.615. The van der Waals surface area contributed by atoms with Crippen LogP contribution in [0.4, 0.5) is 4.79 Å². The van der Waals surface area contributed by atoms with E-state index in [9.17, 15) is 14.4 Å². The van der Waals surface area contributed by atoms with E-state index >= 15 is 0 Å². The predicted octanol–water partition coefficient (Wildman–Crippen LogP) is 0.327. The Morgan fingerprint density at radius 3 is 2.45 bits per heavy atom. The monoisotopic (exact) mass is 283 g/mol. The third kappa shape index (κ3) is 5.83. The molecule has 112 valence electrons. The Morgan fingerprint density at radius 1 is 1.25 bits per heavy atom. The molecule has 0 aromatic rings. The van der Waals surface area contributed by atoms with E-state index in [1.807, 2.05) is 0 Å². The lowest BCUT2D eigenvalue weighted by Gasteiger charge is -2.26. The van der Waals surface area contributed by atoms with Gasteiger partial charge in [-0.1, -0.05) is 18.9 Å². The van der Waals surface area contributed by atoms with E-state index in [-0.39, 0.29) is 25.7 Å². The molecule has 7 heteroatoms. The van der Waals surface area contributed by atoms with Crippen molar-refractivity contribution >= 4 is 17.9 Å². The van der Waals surface area contributed by atoms with Crippen LogP contribution >= 0.6 is 0 Å². The second kappa shape index (κ2) is 8.31. The number of carbonyl (C=O) groups is 3. The van der Waals surface area contributed by atoms with Crippen LogP contribution in [-0.4, -0.2) is 53.6 Å². The third-order valence-electron chi connectivity index (χ3n) is 3.19. The van der Waals surface area contributed by atoms with Gasteiger partial charge in [0.2, 0.25) is 5.91 Å². The number of urea groups is 1. The van der Waals surface area contributed by atoms with E-state index in [1.54, 1.807) is 4.90 Å². The summed E-state index contributed by atoms with van der Waals surface area (Å²) in [4.78, 5) is 35.5. The van der Waals surface area contributed by atoms with Crippen molar-refractivity contribution in [2.24, 2.45) is 0 Å². The molecule has 3 amide bonds. The van der Waals surface area contributed by atoms with Crippen LogP contribution in [-0.2, 0) is 9.59 Å². The van der Waals surface area contributed by atoms with Gasteiger partial charge in [-0.15, -0.1) is 6.58 Å². The first-order chi connectivity index (χ1) is 9.52. The molecule has 1 aliphatic rings. The van der Waals surface area contributed by atoms with Gasteiger partial charge in [-0.05, 0) is 12.8 Å². The lowest BCUT2D eigenvalue weighted by molar-refractivity contribution is -0.139. The van der Waals surface area contributed by atoms with Crippen LogP contribution in [0, 0.1) is 0 Å². The van der Waals surface area contributed by atoms with E-state index < -0.39 is 17.9 Å². The number of carbonyl (C=O) groups excluding carboxylic acids is 2. The standard InChI is InChI=1S/C13H21N3O4/c1-2-7-14-13(20)15-11(17)8-16(9-12(18)19)10-5-3-4-6-10/h2,10H,1,3-9H2,(H,18,19)(H2,14,15,17,20). The molecular weight excluding hydrogens is 262 g/mol. The van der Waals surface area contributed by atoms with Crippen molar-refractivity contribution in [1.29, 1.82) is 0 Å². The summed E-state index contributed by atoms with van der Waals surface area (Å²) in [6.45, 7) is 3.44. The molecule has 0 atom stereocenters. The van der Waals surface area contributed by atoms with Gasteiger partial charge in [-0.25, -0.2) is 4.79 Å². The van der Waals surface area contributed by atoms with Gasteiger partial charge in [0.1, 0.15) is 0 Å². The number of carboxylic acids is 1. The zero-order chi connectivity index (χ0) is 15.0. The highest BCUT2D eigenvalue weighted by Gasteiger charge is 2.26. The first kappa shape index (κ1) is 16.2. The lowest BCUT2D eigenvalue weighted by atomic mass is 10.2. The summed E-state index contributed by atoms with van der Waals surface area (Å²) in [5.41, 5.74) is 0. The molecule has 0 bridgehead atoms. The van der Waals surface area contributed by atoms with Crippen molar-refractivity contribution in [1.82, 2.24) is 15.5 Å². The summed E-state index contributed by atoms with van der Waals surface area (Å²) in [5.74, 6) is -1.47. The number of nitrogens with one attached hydrogen (secondary N) is 2. The minimum atomic E-state index is -0.971. The highest BCUT2D eigenvalue weighted by molar-refractivity contribution is 5.95. The summed E-state index contributed by atoms with van der Waals surface area (Å²) in [6.07, 6.45) is 5.37. The Balaban J connectivity index is 2.46. The van der Waals surface area contributed by atoms with Crippen molar-refractivity contribution in [3.05, 3.63) is 12.7 Å². The minimum Gasteiger partial charge on any atom is -0.480 e. The van der Waals surface area contributed by atoms with E-state index in [1.165, 1.54) is 6.08 Å². The normalized spacial score (nSPS) is 15.1. The third-order valence-corrected chi connectivity index (χ3v) is 3.19. The molecule has 7 nitrogen and oxygen atoms in total. The second-order valence-corrected chi connectivity index (χ2v) is 4.78. The van der Waals surface area contributed by atoms with Crippen LogP contribution in [0.15, 0.2) is 12.7 Å². The summed E-state index contributed by atoms with van der Waals surface area (Å²) in [5, 5.41) is 13.5. The van der Waals surface area contributed by atoms with Crippen molar-refractivity contribution in [2.75, 3.05) is 19.6 Å². The molecule has 20 heavy (non-hydrogen) atoms. The van der Waals surface area contributed by atoms with Crippen molar-refractivity contribution < 1.29 is 19.5 Å². The number of imide groups is 1. The number of carboxylic acid groups (broad SMARTS) is 1. The van der Waals surface area contributed by atoms with Crippen molar-refractivity contribution in [2.45, 2.75) is 31.7 Å². The van der Waals surface area contributed by atoms with Crippen molar-refractivity contribution in [3.8, 4) is 0 Å². The number of rotatable bonds is 7. The zero-order valence-corrected chi connectivity index (χ0v) is 11.4. The molecule has 1 saturated carbocycles. The van der Waals surface area contributed by atoms with Crippen LogP contribution in [0.2, 0.25) is 0 Å². The summed E-state index contributed by atoms with van der Waals surface area (Å²) >= 11 is 0. The first-order valence-corrected chi connectivity index (χ1v) is 6.67. The molecule has 0 aliphatic heterocycles. The quantitative estimate of drug-likeness (QED) is 0.585. The average Bonchev–Trinajstić information content (AvgIpc) is 2.88. The fourth-order valence-corrected chi connectivity index (χ4v) is 2.32. The maximum absolute atomic E-state index is 11.7. The van der Waals surface area contributed by atoms with Crippen LogP contribution in [0.1, 0.15) is 25.7 Å². The van der Waals surface area contributed by atoms with E-state index in [0.717, 1.165) is 25.7 Å². The average molecular weight is 283 g/mol. The predicted molar refractivity (Wildman–Crippen MR) is 73.2 cm³/mol. The Bertz CT molecular complexity index is 378. The maximum atomic E-state index is 11.7. The van der Waals surface area contributed by atoms with Gasteiger partial charge in [-0.3, -0.25) is 19.8 Å². The highest BCUT2D eigenvalue weighted by Crippen LogP contribution is 2.22. The lowest BCUT2D eigenvalue weighted by Crippen LogP contribution is -2.48. The first-order valence-electron chi connectivity index (χ1n) is 6.67. The zero-order valence-electron chi connectivity index (χ0n) is 11.4. The van der Waals surface area contributed by atoms with E-state index in [4.69, 9.17) is 5.11 Å². The van der Waals surface area contributed by atoms with Gasteiger partial charge in [0.25, 0.3) is 0 Å². The fourth-order valence-electron chi connectivity index (χ4n) is 2.32. The molecular formula is C13H21N3O4. The minimum absolute atomic E-state index is 0.0848. The molecule has 0 aromatic carbocycles. The van der Waals surface area contributed by atoms with Gasteiger partial charge in [0.05, 0.1) is 13.1 Å². The Hall–Kier alpha value is -1.89. The molecule has 1 fully saturated rings. The van der Waals surface area contributed by atoms with Crippen LogP contribution in [0.25, 0.3) is 0 Å². The number of hydrogen-bond acceptors (Lipinski definition) is 4. The number of hydrogen-bond donors (Lipinski definition) is 3. The van der Waals surface area contributed by atoms with Crippen molar-refractivity contribution in [3.63, 3.8) is 0 Å². The number of aliphatic carboxylic acids is 1. The summed E-state index contributed by atoms with van der Waals surface area (Å²) in [6, 6.07) is -0.496. The summed E-state index contributed by atoms with van der Waals surface area (Å²) in [7, 11) is 0. The van der Waals surface area contributed by atoms with Crippen LogP contribution in [0.5, 0.6) is 0 Å².